The minimum atomic E-state index is -0.744. The molecule has 0 amide bonds. The average molecular weight is 180 g/mol. The molecule has 1 fully saturated rings. The number of carbonyl (C=O) groups is 1. The quantitative estimate of drug-likeness (QED) is 0.774. The van der Waals surface area contributed by atoms with Gasteiger partial charge in [-0.1, -0.05) is 0 Å². The van der Waals surface area contributed by atoms with Crippen LogP contribution in [0.4, 0.5) is 0 Å². The fraction of sp³-hybridized carbons (Fsp3) is 0.500. The van der Waals surface area contributed by atoms with E-state index < -0.39 is 5.97 Å². The maximum Gasteiger partial charge on any atom is 0.304 e. The highest BCUT2D eigenvalue weighted by Crippen LogP contribution is 2.51. The molecule has 1 heterocycles. The molecule has 0 saturated heterocycles. The molecule has 1 aliphatic carbocycles. The molecule has 2 rings (SSSR count). The third-order valence-electron chi connectivity index (χ3n) is 2.61. The summed E-state index contributed by atoms with van der Waals surface area (Å²) in [5.74, 6) is 0.950. The largest absolute Gasteiger partial charge is 0.481 e. The molecule has 1 aliphatic rings. The third kappa shape index (κ3) is 1.46. The van der Waals surface area contributed by atoms with Gasteiger partial charge in [-0.05, 0) is 31.9 Å². The molecule has 70 valence electrons. The van der Waals surface area contributed by atoms with Crippen LogP contribution >= 0.6 is 0 Å². The van der Waals surface area contributed by atoms with Gasteiger partial charge in [-0.15, -0.1) is 0 Å². The van der Waals surface area contributed by atoms with Gasteiger partial charge in [-0.2, -0.15) is 0 Å². The highest BCUT2D eigenvalue weighted by molar-refractivity contribution is 5.69. The van der Waals surface area contributed by atoms with Crippen LogP contribution in [0.3, 0.4) is 0 Å². The van der Waals surface area contributed by atoms with Crippen LogP contribution in [0.15, 0.2) is 16.5 Å². The average Bonchev–Trinajstić information content (AvgIpc) is 2.65. The van der Waals surface area contributed by atoms with Gasteiger partial charge in [0.25, 0.3) is 0 Å². The van der Waals surface area contributed by atoms with Gasteiger partial charge < -0.3 is 9.52 Å². The Morgan fingerprint density at radius 1 is 1.62 bits per heavy atom. The van der Waals surface area contributed by atoms with E-state index in [4.69, 9.17) is 9.52 Å². The molecule has 0 bridgehead atoms. The van der Waals surface area contributed by atoms with Crippen molar-refractivity contribution in [3.8, 4) is 0 Å². The lowest BCUT2D eigenvalue weighted by Gasteiger charge is -2.07. The Labute approximate surface area is 76.4 Å². The predicted octanol–water partition coefficient (Wildman–Crippen LogP) is 2.09. The number of carboxylic acids is 1. The Bertz CT molecular complexity index is 334. The van der Waals surface area contributed by atoms with Gasteiger partial charge in [0, 0.05) is 5.41 Å². The lowest BCUT2D eigenvalue weighted by molar-refractivity contribution is -0.137. The standard InChI is InChI=1S/C10H12O3/c1-7-2-3-8(13-7)10(4-5-10)6-9(11)12/h2-3H,4-6H2,1H3,(H,11,12). The van der Waals surface area contributed by atoms with Crippen LogP contribution < -0.4 is 0 Å². The van der Waals surface area contributed by atoms with Crippen LogP contribution in [0.25, 0.3) is 0 Å². The number of aliphatic carboxylic acids is 1. The van der Waals surface area contributed by atoms with E-state index >= 15 is 0 Å². The van der Waals surface area contributed by atoms with E-state index in [1.807, 2.05) is 19.1 Å². The first kappa shape index (κ1) is 8.35. The van der Waals surface area contributed by atoms with Crippen LogP contribution in [-0.2, 0) is 10.2 Å². The molecule has 0 unspecified atom stereocenters. The van der Waals surface area contributed by atoms with Crippen molar-refractivity contribution in [3.63, 3.8) is 0 Å². The number of aryl methyl sites for hydroxylation is 1. The summed E-state index contributed by atoms with van der Waals surface area (Å²) in [7, 11) is 0. The Balaban J connectivity index is 2.20. The van der Waals surface area contributed by atoms with Crippen molar-refractivity contribution in [1.29, 1.82) is 0 Å². The predicted molar refractivity (Wildman–Crippen MR) is 46.6 cm³/mol. The lowest BCUT2D eigenvalue weighted by atomic mass is 10.00. The van der Waals surface area contributed by atoms with Crippen LogP contribution in [-0.4, -0.2) is 11.1 Å². The second-order valence-corrected chi connectivity index (χ2v) is 3.76. The summed E-state index contributed by atoms with van der Waals surface area (Å²) in [6.45, 7) is 1.88. The number of carboxylic acid groups (broad SMARTS) is 1. The second kappa shape index (κ2) is 2.62. The molecule has 1 aromatic rings. The normalized spacial score (nSPS) is 18.5. The molecule has 0 radical (unpaired) electrons. The van der Waals surface area contributed by atoms with Crippen LogP contribution in [0.5, 0.6) is 0 Å². The number of furan rings is 1. The molecule has 0 aromatic carbocycles. The van der Waals surface area contributed by atoms with Crippen molar-refractivity contribution in [3.05, 3.63) is 23.7 Å². The zero-order chi connectivity index (χ0) is 9.47. The van der Waals surface area contributed by atoms with Gasteiger partial charge in [-0.3, -0.25) is 4.79 Å². The van der Waals surface area contributed by atoms with E-state index in [0.717, 1.165) is 24.4 Å². The first-order chi connectivity index (χ1) is 6.12. The molecule has 0 atom stereocenters. The van der Waals surface area contributed by atoms with Crippen molar-refractivity contribution in [2.45, 2.75) is 31.6 Å². The molecule has 1 aromatic heterocycles. The maximum atomic E-state index is 10.6. The number of rotatable bonds is 3. The highest BCUT2D eigenvalue weighted by Gasteiger charge is 2.48. The Kier molecular flexibility index (Phi) is 1.68. The Hall–Kier alpha value is -1.25. The fourth-order valence-corrected chi connectivity index (χ4v) is 1.67. The molecule has 1 N–H and O–H groups in total. The monoisotopic (exact) mass is 180 g/mol. The minimum Gasteiger partial charge on any atom is -0.481 e. The van der Waals surface area contributed by atoms with Gasteiger partial charge in [0.15, 0.2) is 0 Å². The van der Waals surface area contributed by atoms with Crippen LogP contribution in [0.1, 0.15) is 30.8 Å². The number of hydrogen-bond acceptors (Lipinski definition) is 2. The molecule has 13 heavy (non-hydrogen) atoms. The van der Waals surface area contributed by atoms with E-state index in [2.05, 4.69) is 0 Å². The topological polar surface area (TPSA) is 50.4 Å². The first-order valence-electron chi connectivity index (χ1n) is 4.41. The first-order valence-corrected chi connectivity index (χ1v) is 4.41. The summed E-state index contributed by atoms with van der Waals surface area (Å²) < 4.78 is 5.45. The van der Waals surface area contributed by atoms with Gasteiger partial charge in [0.1, 0.15) is 11.5 Å². The maximum absolute atomic E-state index is 10.6. The van der Waals surface area contributed by atoms with Crippen molar-refractivity contribution < 1.29 is 14.3 Å². The SMILES string of the molecule is Cc1ccc(C2(CC(=O)O)CC2)o1. The highest BCUT2D eigenvalue weighted by atomic mass is 16.4. The van der Waals surface area contributed by atoms with E-state index in [1.165, 1.54) is 0 Å². The molecule has 0 aliphatic heterocycles. The molecular formula is C10H12O3. The number of hydrogen-bond donors (Lipinski definition) is 1. The zero-order valence-electron chi connectivity index (χ0n) is 7.54. The van der Waals surface area contributed by atoms with Crippen molar-refractivity contribution >= 4 is 5.97 Å². The smallest absolute Gasteiger partial charge is 0.304 e. The van der Waals surface area contributed by atoms with Gasteiger partial charge in [0.2, 0.25) is 0 Å². The minimum absolute atomic E-state index is 0.180. The Morgan fingerprint density at radius 2 is 2.31 bits per heavy atom. The zero-order valence-corrected chi connectivity index (χ0v) is 7.54. The molecular weight excluding hydrogens is 168 g/mol. The molecule has 0 spiro atoms. The summed E-state index contributed by atoms with van der Waals surface area (Å²) in [5.41, 5.74) is -0.180. The summed E-state index contributed by atoms with van der Waals surface area (Å²) in [4.78, 5) is 10.6. The van der Waals surface area contributed by atoms with Crippen molar-refractivity contribution in [2.75, 3.05) is 0 Å². The Morgan fingerprint density at radius 3 is 2.69 bits per heavy atom. The molecule has 1 saturated carbocycles. The lowest BCUT2D eigenvalue weighted by Crippen LogP contribution is -2.11. The van der Waals surface area contributed by atoms with Gasteiger partial charge in [0.05, 0.1) is 6.42 Å². The van der Waals surface area contributed by atoms with Crippen molar-refractivity contribution in [2.24, 2.45) is 0 Å². The van der Waals surface area contributed by atoms with E-state index in [-0.39, 0.29) is 11.8 Å². The summed E-state index contributed by atoms with van der Waals surface area (Å²) in [6, 6.07) is 3.78. The summed E-state index contributed by atoms with van der Waals surface area (Å²) >= 11 is 0. The van der Waals surface area contributed by atoms with Gasteiger partial charge in [-0.25, -0.2) is 0 Å². The van der Waals surface area contributed by atoms with Crippen LogP contribution in [0.2, 0.25) is 0 Å². The third-order valence-corrected chi connectivity index (χ3v) is 2.61. The second-order valence-electron chi connectivity index (χ2n) is 3.76. The van der Waals surface area contributed by atoms with E-state index in [1.54, 1.807) is 0 Å². The van der Waals surface area contributed by atoms with Crippen LogP contribution in [0, 0.1) is 6.92 Å². The van der Waals surface area contributed by atoms with E-state index in [0.29, 0.717) is 0 Å². The molecule has 3 heteroatoms. The van der Waals surface area contributed by atoms with Gasteiger partial charge >= 0.3 is 5.97 Å². The summed E-state index contributed by atoms with van der Waals surface area (Å²) in [6.07, 6.45) is 2.07. The van der Waals surface area contributed by atoms with Crippen molar-refractivity contribution in [1.82, 2.24) is 0 Å². The summed E-state index contributed by atoms with van der Waals surface area (Å²) in [5, 5.41) is 8.72. The fourth-order valence-electron chi connectivity index (χ4n) is 1.67. The molecule has 3 nitrogen and oxygen atoms in total. The van der Waals surface area contributed by atoms with E-state index in [9.17, 15) is 4.79 Å².